The number of likely N-dealkylation sites (N-methyl/N-ethyl adjacent to an activating group) is 1. The van der Waals surface area contributed by atoms with E-state index < -0.39 is 11.7 Å². The minimum absolute atomic E-state index is 0.0691. The summed E-state index contributed by atoms with van der Waals surface area (Å²) >= 11 is 0. The van der Waals surface area contributed by atoms with Crippen LogP contribution in [0.4, 0.5) is 4.79 Å². The number of rotatable bonds is 8. The van der Waals surface area contributed by atoms with Crippen LogP contribution >= 0.6 is 0 Å². The van der Waals surface area contributed by atoms with Crippen molar-refractivity contribution < 1.29 is 19.1 Å². The molecule has 0 spiro atoms. The van der Waals surface area contributed by atoms with E-state index in [0.29, 0.717) is 12.5 Å². The fraction of sp³-hybridized carbons (Fsp3) is 0.619. The van der Waals surface area contributed by atoms with Gasteiger partial charge in [-0.1, -0.05) is 32.0 Å². The van der Waals surface area contributed by atoms with Crippen molar-refractivity contribution >= 4 is 12.0 Å². The van der Waals surface area contributed by atoms with E-state index in [0.717, 1.165) is 17.7 Å². The number of carbonyl (C=O) groups excluding carboxylic acids is 2. The van der Waals surface area contributed by atoms with Gasteiger partial charge in [0.05, 0.1) is 12.6 Å². The summed E-state index contributed by atoms with van der Waals surface area (Å²) in [5, 5.41) is 3.04. The third-order valence-corrected chi connectivity index (χ3v) is 3.72. The zero-order valence-corrected chi connectivity index (χ0v) is 17.7. The van der Waals surface area contributed by atoms with Gasteiger partial charge in [0, 0.05) is 12.6 Å². The Morgan fingerprint density at radius 1 is 1.19 bits per heavy atom. The molecule has 27 heavy (non-hydrogen) atoms. The average Bonchev–Trinajstić information content (AvgIpc) is 2.53. The molecule has 1 aromatic rings. The molecule has 6 nitrogen and oxygen atoms in total. The van der Waals surface area contributed by atoms with Gasteiger partial charge in [-0.3, -0.25) is 4.79 Å². The van der Waals surface area contributed by atoms with E-state index in [1.807, 2.05) is 31.2 Å². The molecule has 152 valence electrons. The Hall–Kier alpha value is -2.24. The Morgan fingerprint density at radius 2 is 1.81 bits per heavy atom. The molecule has 0 radical (unpaired) electrons. The first-order valence-electron chi connectivity index (χ1n) is 9.48. The van der Waals surface area contributed by atoms with Gasteiger partial charge in [0.2, 0.25) is 5.91 Å². The largest absolute Gasteiger partial charge is 0.494 e. The number of carbonyl (C=O) groups is 2. The van der Waals surface area contributed by atoms with E-state index in [2.05, 4.69) is 19.2 Å². The van der Waals surface area contributed by atoms with Crippen molar-refractivity contribution in [1.29, 1.82) is 0 Å². The molecule has 0 unspecified atom stereocenters. The molecule has 1 N–H and O–H groups in total. The molecule has 1 rings (SSSR count). The SMILES string of the molecule is CCOc1ccccc1[C@H](CC(C)C)NC(=O)CN(C)C(=O)OC(C)(C)C. The van der Waals surface area contributed by atoms with Gasteiger partial charge in [-0.15, -0.1) is 0 Å². The molecule has 0 bridgehead atoms. The lowest BCUT2D eigenvalue weighted by Gasteiger charge is -2.26. The Balaban J connectivity index is 2.85. The van der Waals surface area contributed by atoms with E-state index in [1.165, 1.54) is 4.90 Å². The standard InChI is InChI=1S/C21H34N2O4/c1-8-26-18-12-10-9-11-16(18)17(13-15(2)3)22-19(24)14-23(7)20(25)27-21(4,5)6/h9-12,15,17H,8,13-14H2,1-7H3,(H,22,24)/t17-/m0/s1. The van der Waals surface area contributed by atoms with Gasteiger partial charge in [0.15, 0.2) is 0 Å². The average molecular weight is 379 g/mol. The third-order valence-electron chi connectivity index (χ3n) is 3.72. The third kappa shape index (κ3) is 8.33. The summed E-state index contributed by atoms with van der Waals surface area (Å²) in [6.45, 7) is 12.0. The Kier molecular flexibility index (Phi) is 8.60. The Labute approximate surface area is 163 Å². The number of amides is 2. The highest BCUT2D eigenvalue weighted by molar-refractivity contribution is 5.82. The first-order valence-corrected chi connectivity index (χ1v) is 9.48. The first kappa shape index (κ1) is 22.8. The van der Waals surface area contributed by atoms with Crippen LogP contribution in [0.25, 0.3) is 0 Å². The molecule has 2 amide bonds. The second-order valence-corrected chi connectivity index (χ2v) is 8.06. The molecule has 1 atom stereocenters. The predicted octanol–water partition coefficient (Wildman–Crippen LogP) is 4.16. The molecule has 1 aromatic carbocycles. The van der Waals surface area contributed by atoms with Crippen molar-refractivity contribution in [3.63, 3.8) is 0 Å². The van der Waals surface area contributed by atoms with Crippen LogP contribution in [0.3, 0.4) is 0 Å². The number of nitrogens with one attached hydrogen (secondary N) is 1. The molecule has 0 aliphatic rings. The van der Waals surface area contributed by atoms with E-state index >= 15 is 0 Å². The highest BCUT2D eigenvalue weighted by atomic mass is 16.6. The van der Waals surface area contributed by atoms with Gasteiger partial charge >= 0.3 is 6.09 Å². The molecule has 0 saturated heterocycles. The monoisotopic (exact) mass is 378 g/mol. The summed E-state index contributed by atoms with van der Waals surface area (Å²) in [5.74, 6) is 0.917. The molecule has 0 aliphatic carbocycles. The number of benzene rings is 1. The molecule has 0 fully saturated rings. The van der Waals surface area contributed by atoms with Crippen LogP contribution in [0, 0.1) is 5.92 Å². The smallest absolute Gasteiger partial charge is 0.410 e. The van der Waals surface area contributed by atoms with Crippen LogP contribution in [0.1, 0.15) is 59.6 Å². The minimum atomic E-state index is -0.599. The van der Waals surface area contributed by atoms with E-state index in [4.69, 9.17) is 9.47 Å². The topological polar surface area (TPSA) is 67.9 Å². The fourth-order valence-corrected chi connectivity index (χ4v) is 2.65. The summed E-state index contributed by atoms with van der Waals surface area (Å²) in [5.41, 5.74) is 0.347. The van der Waals surface area contributed by atoms with Crippen molar-refractivity contribution in [3.05, 3.63) is 29.8 Å². The first-order chi connectivity index (χ1) is 12.5. The van der Waals surface area contributed by atoms with Crippen molar-refractivity contribution in [2.75, 3.05) is 20.2 Å². The second-order valence-electron chi connectivity index (χ2n) is 8.06. The maximum Gasteiger partial charge on any atom is 0.410 e. The van der Waals surface area contributed by atoms with Crippen LogP contribution in [0.5, 0.6) is 5.75 Å². The van der Waals surface area contributed by atoms with E-state index in [-0.39, 0.29) is 18.5 Å². The lowest BCUT2D eigenvalue weighted by molar-refractivity contribution is -0.122. The van der Waals surface area contributed by atoms with Gasteiger partial charge in [-0.25, -0.2) is 4.79 Å². The van der Waals surface area contributed by atoms with Crippen molar-refractivity contribution in [3.8, 4) is 5.75 Å². The van der Waals surface area contributed by atoms with Crippen molar-refractivity contribution in [2.24, 2.45) is 5.92 Å². The highest BCUT2D eigenvalue weighted by Gasteiger charge is 2.24. The normalized spacial score (nSPS) is 12.4. The van der Waals surface area contributed by atoms with Crippen LogP contribution in [0.2, 0.25) is 0 Å². The lowest BCUT2D eigenvalue weighted by Crippen LogP contribution is -2.42. The number of hydrogen-bond acceptors (Lipinski definition) is 4. The van der Waals surface area contributed by atoms with E-state index in [1.54, 1.807) is 27.8 Å². The quantitative estimate of drug-likeness (QED) is 0.738. The fourth-order valence-electron chi connectivity index (χ4n) is 2.65. The number of hydrogen-bond donors (Lipinski definition) is 1. The molecule has 6 heteroatoms. The molecular weight excluding hydrogens is 344 g/mol. The van der Waals surface area contributed by atoms with Gasteiger partial charge in [0.1, 0.15) is 17.9 Å². The zero-order chi connectivity index (χ0) is 20.6. The van der Waals surface area contributed by atoms with Gasteiger partial charge in [-0.05, 0) is 46.1 Å². The maximum absolute atomic E-state index is 12.6. The van der Waals surface area contributed by atoms with Crippen LogP contribution < -0.4 is 10.1 Å². The second kappa shape index (κ2) is 10.2. The lowest BCUT2D eigenvalue weighted by atomic mass is 9.96. The molecule has 0 saturated carbocycles. The number of ether oxygens (including phenoxy) is 2. The number of para-hydroxylation sites is 1. The summed E-state index contributed by atoms with van der Waals surface area (Å²) in [6, 6.07) is 7.54. The van der Waals surface area contributed by atoms with Crippen molar-refractivity contribution in [1.82, 2.24) is 10.2 Å². The van der Waals surface area contributed by atoms with Gasteiger partial charge < -0.3 is 19.7 Å². The summed E-state index contributed by atoms with van der Waals surface area (Å²) in [4.78, 5) is 25.9. The predicted molar refractivity (Wildman–Crippen MR) is 107 cm³/mol. The Morgan fingerprint density at radius 3 is 2.37 bits per heavy atom. The van der Waals surface area contributed by atoms with Gasteiger partial charge in [0.25, 0.3) is 0 Å². The zero-order valence-electron chi connectivity index (χ0n) is 17.7. The highest BCUT2D eigenvalue weighted by Crippen LogP contribution is 2.29. The number of nitrogens with zero attached hydrogens (tertiary/aromatic N) is 1. The van der Waals surface area contributed by atoms with Crippen LogP contribution in [-0.4, -0.2) is 42.7 Å². The Bertz CT molecular complexity index is 623. The van der Waals surface area contributed by atoms with Crippen LogP contribution in [0.15, 0.2) is 24.3 Å². The van der Waals surface area contributed by atoms with Crippen LogP contribution in [-0.2, 0) is 9.53 Å². The van der Waals surface area contributed by atoms with Crippen molar-refractivity contribution in [2.45, 2.75) is 59.6 Å². The molecule has 0 aromatic heterocycles. The molecule has 0 heterocycles. The van der Waals surface area contributed by atoms with Gasteiger partial charge in [-0.2, -0.15) is 0 Å². The summed E-state index contributed by atoms with van der Waals surface area (Å²) in [7, 11) is 1.55. The summed E-state index contributed by atoms with van der Waals surface area (Å²) < 4.78 is 11.0. The molecule has 0 aliphatic heterocycles. The minimum Gasteiger partial charge on any atom is -0.494 e. The molecular formula is C21H34N2O4. The summed E-state index contributed by atoms with van der Waals surface area (Å²) in [6.07, 6.45) is 0.249. The van der Waals surface area contributed by atoms with E-state index in [9.17, 15) is 9.59 Å². The maximum atomic E-state index is 12.6.